The van der Waals surface area contributed by atoms with Crippen LogP contribution in [0.25, 0.3) is 11.5 Å². The fourth-order valence-corrected chi connectivity index (χ4v) is 1.10. The summed E-state index contributed by atoms with van der Waals surface area (Å²) in [7, 11) is 0. The Morgan fingerprint density at radius 1 is 1.43 bits per heavy atom. The van der Waals surface area contributed by atoms with Gasteiger partial charge < -0.3 is 4.42 Å². The van der Waals surface area contributed by atoms with Crippen molar-refractivity contribution in [1.29, 1.82) is 0 Å². The van der Waals surface area contributed by atoms with E-state index < -0.39 is 0 Å². The van der Waals surface area contributed by atoms with E-state index >= 15 is 0 Å². The van der Waals surface area contributed by atoms with Crippen molar-refractivity contribution >= 4 is 6.29 Å². The molecule has 1 aromatic heterocycles. The van der Waals surface area contributed by atoms with E-state index in [0.29, 0.717) is 11.8 Å². The Morgan fingerprint density at radius 2 is 2.29 bits per heavy atom. The summed E-state index contributed by atoms with van der Waals surface area (Å²) in [6, 6.07) is 5.83. The van der Waals surface area contributed by atoms with Crippen LogP contribution in [0.15, 0.2) is 34.9 Å². The van der Waals surface area contributed by atoms with Crippen LogP contribution in [-0.4, -0.2) is 11.3 Å². The molecule has 0 aliphatic carbocycles. The lowest BCUT2D eigenvalue weighted by atomic mass is 10.2. The lowest BCUT2D eigenvalue weighted by Crippen LogP contribution is -1.78. The molecule has 14 heavy (non-hydrogen) atoms. The van der Waals surface area contributed by atoms with Crippen molar-refractivity contribution in [2.45, 2.75) is 0 Å². The summed E-state index contributed by atoms with van der Waals surface area (Å²) in [5, 5.41) is 0. The first-order valence-electron chi connectivity index (χ1n) is 3.96. The van der Waals surface area contributed by atoms with Gasteiger partial charge in [-0.3, -0.25) is 4.79 Å². The average Bonchev–Trinajstić information content (AvgIpc) is 2.66. The molecule has 0 unspecified atom stereocenters. The van der Waals surface area contributed by atoms with Crippen molar-refractivity contribution in [3.05, 3.63) is 42.0 Å². The van der Waals surface area contributed by atoms with Crippen LogP contribution in [0.3, 0.4) is 0 Å². The highest BCUT2D eigenvalue weighted by Crippen LogP contribution is 2.18. The molecule has 0 saturated heterocycles. The second-order valence-electron chi connectivity index (χ2n) is 2.70. The molecular weight excluding hydrogens is 185 g/mol. The maximum Gasteiger partial charge on any atom is 0.226 e. The number of halogens is 1. The first-order chi connectivity index (χ1) is 6.79. The number of carbonyl (C=O) groups is 1. The van der Waals surface area contributed by atoms with Crippen molar-refractivity contribution in [1.82, 2.24) is 4.98 Å². The van der Waals surface area contributed by atoms with Crippen LogP contribution in [0.2, 0.25) is 0 Å². The van der Waals surface area contributed by atoms with Crippen LogP contribution in [0.5, 0.6) is 0 Å². The number of hydrogen-bond acceptors (Lipinski definition) is 3. The number of aldehydes is 1. The highest BCUT2D eigenvalue weighted by molar-refractivity contribution is 5.71. The quantitative estimate of drug-likeness (QED) is 0.684. The molecule has 0 aliphatic heterocycles. The second kappa shape index (κ2) is 3.41. The molecule has 0 spiro atoms. The van der Waals surface area contributed by atoms with Crippen LogP contribution in [0, 0.1) is 5.82 Å². The molecule has 0 atom stereocenters. The molecule has 0 aliphatic rings. The lowest BCUT2D eigenvalue weighted by Gasteiger charge is -1.93. The Kier molecular flexibility index (Phi) is 2.10. The largest absolute Gasteiger partial charge is 0.433 e. The standard InChI is InChI=1S/C10H6FNO2/c11-8-3-1-2-7(4-8)10-12-5-9(6-13)14-10/h1-6H. The van der Waals surface area contributed by atoms with Gasteiger partial charge in [0.05, 0.1) is 6.20 Å². The van der Waals surface area contributed by atoms with Gasteiger partial charge in [0.1, 0.15) is 5.82 Å². The second-order valence-corrected chi connectivity index (χ2v) is 2.70. The number of hydrogen-bond donors (Lipinski definition) is 0. The minimum atomic E-state index is -0.367. The average molecular weight is 191 g/mol. The van der Waals surface area contributed by atoms with E-state index in [-0.39, 0.29) is 17.5 Å². The third-order valence-corrected chi connectivity index (χ3v) is 1.71. The van der Waals surface area contributed by atoms with Crippen molar-refractivity contribution in [3.8, 4) is 11.5 Å². The van der Waals surface area contributed by atoms with Gasteiger partial charge in [-0.25, -0.2) is 9.37 Å². The summed E-state index contributed by atoms with van der Waals surface area (Å²) in [5.74, 6) is 0.00390. The van der Waals surface area contributed by atoms with Crippen molar-refractivity contribution in [2.75, 3.05) is 0 Å². The number of carbonyl (C=O) groups excluding carboxylic acids is 1. The van der Waals surface area contributed by atoms with E-state index in [1.807, 2.05) is 0 Å². The fraction of sp³-hybridized carbons (Fsp3) is 0. The van der Waals surface area contributed by atoms with E-state index in [4.69, 9.17) is 4.42 Å². The Morgan fingerprint density at radius 3 is 2.93 bits per heavy atom. The molecule has 0 saturated carbocycles. The van der Waals surface area contributed by atoms with Gasteiger partial charge in [-0.1, -0.05) is 6.07 Å². The molecule has 0 fully saturated rings. The van der Waals surface area contributed by atoms with Crippen LogP contribution in [-0.2, 0) is 0 Å². The van der Waals surface area contributed by atoms with Gasteiger partial charge in [0.2, 0.25) is 5.89 Å². The summed E-state index contributed by atoms with van der Waals surface area (Å²) in [6.07, 6.45) is 1.85. The van der Waals surface area contributed by atoms with Crippen LogP contribution >= 0.6 is 0 Å². The molecule has 0 amide bonds. The number of rotatable bonds is 2. The van der Waals surface area contributed by atoms with Gasteiger partial charge in [-0.2, -0.15) is 0 Å². The number of oxazole rings is 1. The van der Waals surface area contributed by atoms with E-state index in [0.717, 1.165) is 0 Å². The number of nitrogens with zero attached hydrogens (tertiary/aromatic N) is 1. The normalized spacial score (nSPS) is 10.1. The fourth-order valence-electron chi connectivity index (χ4n) is 1.10. The number of aromatic nitrogens is 1. The van der Waals surface area contributed by atoms with Crippen molar-refractivity contribution < 1.29 is 13.6 Å². The monoisotopic (exact) mass is 191 g/mol. The Balaban J connectivity index is 2.43. The maximum atomic E-state index is 12.8. The highest BCUT2D eigenvalue weighted by Gasteiger charge is 2.05. The minimum Gasteiger partial charge on any atom is -0.433 e. The Labute approximate surface area is 79.2 Å². The van der Waals surface area contributed by atoms with Crippen molar-refractivity contribution in [2.24, 2.45) is 0 Å². The first kappa shape index (κ1) is 8.62. The van der Waals surface area contributed by atoms with E-state index in [9.17, 15) is 9.18 Å². The molecule has 0 bridgehead atoms. The van der Waals surface area contributed by atoms with E-state index in [2.05, 4.69) is 4.98 Å². The van der Waals surface area contributed by atoms with E-state index in [1.165, 1.54) is 18.3 Å². The van der Waals surface area contributed by atoms with Gasteiger partial charge in [0.25, 0.3) is 0 Å². The highest BCUT2D eigenvalue weighted by atomic mass is 19.1. The molecule has 2 rings (SSSR count). The van der Waals surface area contributed by atoms with Crippen LogP contribution in [0.1, 0.15) is 10.6 Å². The summed E-state index contributed by atoms with van der Waals surface area (Å²) in [4.78, 5) is 14.1. The summed E-state index contributed by atoms with van der Waals surface area (Å²) in [6.45, 7) is 0. The van der Waals surface area contributed by atoms with E-state index in [1.54, 1.807) is 12.1 Å². The molecule has 3 nitrogen and oxygen atoms in total. The first-order valence-corrected chi connectivity index (χ1v) is 3.96. The molecular formula is C10H6FNO2. The zero-order valence-electron chi connectivity index (χ0n) is 7.11. The van der Waals surface area contributed by atoms with Gasteiger partial charge >= 0.3 is 0 Å². The van der Waals surface area contributed by atoms with Crippen LogP contribution in [0.4, 0.5) is 4.39 Å². The van der Waals surface area contributed by atoms with Gasteiger partial charge in [0, 0.05) is 5.56 Å². The van der Waals surface area contributed by atoms with Gasteiger partial charge in [0.15, 0.2) is 12.0 Å². The zero-order chi connectivity index (χ0) is 9.97. The van der Waals surface area contributed by atoms with Gasteiger partial charge in [-0.05, 0) is 18.2 Å². The van der Waals surface area contributed by atoms with Gasteiger partial charge in [-0.15, -0.1) is 0 Å². The molecule has 1 aromatic carbocycles. The summed E-state index contributed by atoms with van der Waals surface area (Å²) in [5.41, 5.74) is 0.512. The van der Waals surface area contributed by atoms with Crippen molar-refractivity contribution in [3.63, 3.8) is 0 Å². The maximum absolute atomic E-state index is 12.8. The smallest absolute Gasteiger partial charge is 0.226 e. The zero-order valence-corrected chi connectivity index (χ0v) is 7.11. The van der Waals surface area contributed by atoms with Crippen LogP contribution < -0.4 is 0 Å². The molecule has 2 aromatic rings. The predicted octanol–water partition coefficient (Wildman–Crippen LogP) is 2.29. The SMILES string of the molecule is O=Cc1cnc(-c2cccc(F)c2)o1. The summed E-state index contributed by atoms with van der Waals surface area (Å²) >= 11 is 0. The lowest BCUT2D eigenvalue weighted by molar-refractivity contribution is 0.110. The number of benzene rings is 1. The molecule has 1 heterocycles. The summed E-state index contributed by atoms with van der Waals surface area (Å²) < 4.78 is 17.8. The Hall–Kier alpha value is -1.97. The molecule has 4 heteroatoms. The minimum absolute atomic E-state index is 0.129. The topological polar surface area (TPSA) is 43.1 Å². The third kappa shape index (κ3) is 1.54. The Bertz CT molecular complexity index is 465. The molecule has 70 valence electrons. The molecule has 0 N–H and O–H groups in total. The molecule has 0 radical (unpaired) electrons. The predicted molar refractivity (Wildman–Crippen MR) is 47.3 cm³/mol. The third-order valence-electron chi connectivity index (χ3n) is 1.71.